The zero-order valence-corrected chi connectivity index (χ0v) is 7.68. The van der Waals surface area contributed by atoms with Gasteiger partial charge in [0.15, 0.2) is 0 Å². The van der Waals surface area contributed by atoms with E-state index in [-0.39, 0.29) is 5.91 Å². The van der Waals surface area contributed by atoms with Gasteiger partial charge in [-0.25, -0.2) is 0 Å². The molecule has 0 aromatic heterocycles. The largest absolute Gasteiger partial charge is 0.475 e. The van der Waals surface area contributed by atoms with E-state index in [1.165, 1.54) is 4.90 Å². The number of nitrogens with two attached hydrogens (primary N) is 1. The lowest BCUT2D eigenvalue weighted by Gasteiger charge is -2.25. The first-order valence-electron chi connectivity index (χ1n) is 4.46. The van der Waals surface area contributed by atoms with E-state index in [4.69, 9.17) is 15.8 Å². The van der Waals surface area contributed by atoms with Gasteiger partial charge < -0.3 is 20.7 Å². The highest BCUT2D eigenvalue weighted by Crippen LogP contribution is 2.18. The van der Waals surface area contributed by atoms with Gasteiger partial charge in [0.25, 0.3) is 0 Å². The van der Waals surface area contributed by atoms with E-state index in [1.54, 1.807) is 6.92 Å². The molecule has 4 N–H and O–H groups in total. The van der Waals surface area contributed by atoms with E-state index >= 15 is 0 Å². The summed E-state index contributed by atoms with van der Waals surface area (Å²) in [6.45, 7) is 2.17. The highest BCUT2D eigenvalue weighted by molar-refractivity contribution is 6.43. The molecule has 0 radical (unpaired) electrons. The molecular formula is C7H15BN2O3. The summed E-state index contributed by atoms with van der Waals surface area (Å²) in [5.74, 6) is -0.686. The number of amides is 1. The lowest BCUT2D eigenvalue weighted by Crippen LogP contribution is -2.50. The summed E-state index contributed by atoms with van der Waals surface area (Å²) in [4.78, 5) is 12.9. The maximum absolute atomic E-state index is 11.4. The van der Waals surface area contributed by atoms with E-state index < -0.39 is 19.1 Å². The molecule has 1 aliphatic heterocycles. The fourth-order valence-electron chi connectivity index (χ4n) is 1.64. The van der Waals surface area contributed by atoms with Crippen LogP contribution in [-0.2, 0) is 4.79 Å². The molecule has 5 nitrogen and oxygen atoms in total. The second-order valence-corrected chi connectivity index (χ2v) is 3.44. The lowest BCUT2D eigenvalue weighted by atomic mass is 9.78. The summed E-state index contributed by atoms with van der Waals surface area (Å²) in [5, 5.41) is 17.9. The third kappa shape index (κ3) is 2.21. The molecule has 0 spiro atoms. The van der Waals surface area contributed by atoms with E-state index in [2.05, 4.69) is 0 Å². The Kier molecular flexibility index (Phi) is 3.30. The Morgan fingerprint density at radius 1 is 1.69 bits per heavy atom. The van der Waals surface area contributed by atoms with Crippen LogP contribution in [0, 0.1) is 0 Å². The van der Waals surface area contributed by atoms with Crippen LogP contribution in [0.2, 0.25) is 0 Å². The smallest absolute Gasteiger partial charge is 0.426 e. The van der Waals surface area contributed by atoms with E-state index in [9.17, 15) is 4.79 Å². The SMILES string of the molecule is C[C@H](N)C(=O)N1CCCC1B(O)O. The zero-order valence-electron chi connectivity index (χ0n) is 7.68. The summed E-state index contributed by atoms with van der Waals surface area (Å²) in [5.41, 5.74) is 5.42. The summed E-state index contributed by atoms with van der Waals surface area (Å²) in [6.07, 6.45) is 1.44. The van der Waals surface area contributed by atoms with Crippen molar-refractivity contribution >= 4 is 13.0 Å². The third-order valence-corrected chi connectivity index (χ3v) is 2.32. The number of hydrogen-bond donors (Lipinski definition) is 3. The molecule has 0 saturated carbocycles. The van der Waals surface area contributed by atoms with Crippen molar-refractivity contribution in [2.24, 2.45) is 5.73 Å². The Bertz CT molecular complexity index is 198. The average molecular weight is 186 g/mol. The second kappa shape index (κ2) is 4.08. The molecule has 1 fully saturated rings. The maximum atomic E-state index is 11.4. The summed E-state index contributed by atoms with van der Waals surface area (Å²) in [6, 6.07) is -0.570. The van der Waals surface area contributed by atoms with Crippen molar-refractivity contribution in [1.82, 2.24) is 4.90 Å². The van der Waals surface area contributed by atoms with Gasteiger partial charge in [-0.2, -0.15) is 0 Å². The zero-order chi connectivity index (χ0) is 10.0. The minimum atomic E-state index is -1.45. The minimum Gasteiger partial charge on any atom is -0.426 e. The van der Waals surface area contributed by atoms with Crippen molar-refractivity contribution in [3.05, 3.63) is 0 Å². The van der Waals surface area contributed by atoms with Gasteiger partial charge in [-0.15, -0.1) is 0 Å². The van der Waals surface area contributed by atoms with Crippen molar-refractivity contribution in [2.75, 3.05) is 6.54 Å². The van der Waals surface area contributed by atoms with Gasteiger partial charge in [-0.05, 0) is 19.8 Å². The number of rotatable bonds is 2. The molecule has 0 aliphatic carbocycles. The van der Waals surface area contributed by atoms with Gasteiger partial charge in [-0.1, -0.05) is 0 Å². The molecular weight excluding hydrogens is 171 g/mol. The van der Waals surface area contributed by atoms with Crippen LogP contribution in [-0.4, -0.2) is 46.5 Å². The first kappa shape index (κ1) is 10.5. The molecule has 0 aromatic rings. The van der Waals surface area contributed by atoms with Gasteiger partial charge in [-0.3, -0.25) is 4.79 Å². The van der Waals surface area contributed by atoms with Crippen molar-refractivity contribution in [1.29, 1.82) is 0 Å². The van der Waals surface area contributed by atoms with E-state index in [0.29, 0.717) is 13.0 Å². The number of hydrogen-bond acceptors (Lipinski definition) is 4. The summed E-state index contributed by atoms with van der Waals surface area (Å²) < 4.78 is 0. The number of carbonyl (C=O) groups is 1. The van der Waals surface area contributed by atoms with Crippen LogP contribution in [0.5, 0.6) is 0 Å². The fraction of sp³-hybridized carbons (Fsp3) is 0.857. The highest BCUT2D eigenvalue weighted by atomic mass is 16.4. The van der Waals surface area contributed by atoms with Crippen LogP contribution in [0.4, 0.5) is 0 Å². The van der Waals surface area contributed by atoms with Gasteiger partial charge in [0, 0.05) is 6.54 Å². The first-order chi connectivity index (χ1) is 6.04. The van der Waals surface area contributed by atoms with Gasteiger partial charge in [0.2, 0.25) is 5.91 Å². The maximum Gasteiger partial charge on any atom is 0.475 e. The Balaban J connectivity index is 2.63. The molecule has 1 unspecified atom stereocenters. The fourth-order valence-corrected chi connectivity index (χ4v) is 1.64. The summed E-state index contributed by atoms with van der Waals surface area (Å²) in [7, 11) is -1.45. The lowest BCUT2D eigenvalue weighted by molar-refractivity contribution is -0.132. The molecule has 0 aromatic carbocycles. The predicted octanol–water partition coefficient (Wildman–Crippen LogP) is -1.66. The van der Waals surface area contributed by atoms with Crippen LogP contribution in [0.1, 0.15) is 19.8 Å². The molecule has 1 amide bonds. The molecule has 1 aliphatic rings. The average Bonchev–Trinajstić information content (AvgIpc) is 2.50. The Labute approximate surface area is 77.7 Å². The molecule has 1 rings (SSSR count). The molecule has 0 bridgehead atoms. The van der Waals surface area contributed by atoms with Crippen molar-refractivity contribution in [3.63, 3.8) is 0 Å². The van der Waals surface area contributed by atoms with Crippen LogP contribution in [0.25, 0.3) is 0 Å². The first-order valence-corrected chi connectivity index (χ1v) is 4.46. The molecule has 13 heavy (non-hydrogen) atoms. The number of carbonyl (C=O) groups excluding carboxylic acids is 1. The van der Waals surface area contributed by atoms with Crippen LogP contribution in [0.3, 0.4) is 0 Å². The van der Waals surface area contributed by atoms with Crippen molar-refractivity contribution in [3.8, 4) is 0 Å². The monoisotopic (exact) mass is 186 g/mol. The topological polar surface area (TPSA) is 86.8 Å². The molecule has 1 saturated heterocycles. The van der Waals surface area contributed by atoms with Gasteiger partial charge in [0.05, 0.1) is 12.0 Å². The van der Waals surface area contributed by atoms with E-state index in [0.717, 1.165) is 6.42 Å². The quantitative estimate of drug-likeness (QED) is 0.450. The third-order valence-electron chi connectivity index (χ3n) is 2.32. The Morgan fingerprint density at radius 3 is 2.77 bits per heavy atom. The molecule has 1 heterocycles. The highest BCUT2D eigenvalue weighted by Gasteiger charge is 2.37. The normalized spacial score (nSPS) is 24.6. The minimum absolute atomic E-state index is 0.212. The van der Waals surface area contributed by atoms with Gasteiger partial charge >= 0.3 is 7.12 Å². The van der Waals surface area contributed by atoms with Crippen LogP contribution in [0.15, 0.2) is 0 Å². The molecule has 2 atom stereocenters. The van der Waals surface area contributed by atoms with Crippen LogP contribution >= 0.6 is 0 Å². The van der Waals surface area contributed by atoms with E-state index in [1.807, 2.05) is 0 Å². The Hall–Kier alpha value is -0.585. The Morgan fingerprint density at radius 2 is 2.31 bits per heavy atom. The number of nitrogens with zero attached hydrogens (tertiary/aromatic N) is 1. The second-order valence-electron chi connectivity index (χ2n) is 3.44. The summed E-state index contributed by atoms with van der Waals surface area (Å²) >= 11 is 0. The van der Waals surface area contributed by atoms with Crippen molar-refractivity contribution in [2.45, 2.75) is 31.7 Å². The predicted molar refractivity (Wildman–Crippen MR) is 48.6 cm³/mol. The molecule has 6 heteroatoms. The van der Waals surface area contributed by atoms with Crippen molar-refractivity contribution < 1.29 is 14.8 Å². The van der Waals surface area contributed by atoms with Gasteiger partial charge in [0.1, 0.15) is 0 Å². The molecule has 74 valence electrons. The standard InChI is InChI=1S/C7H15BN2O3/c1-5(9)7(11)10-4-2-3-6(10)8(12)13/h5-6,12-13H,2-4,9H2,1H3/t5-,6?/m0/s1. The number of likely N-dealkylation sites (tertiary alicyclic amines) is 1. The van der Waals surface area contributed by atoms with Crippen LogP contribution < -0.4 is 5.73 Å².